The molecular weight excluding hydrogens is 440 g/mol. The number of aromatic nitrogens is 2. The first-order valence-corrected chi connectivity index (χ1v) is 12.1. The highest BCUT2D eigenvalue weighted by atomic mass is 16.3. The fourth-order valence-electron chi connectivity index (χ4n) is 4.94. The van der Waals surface area contributed by atoms with Gasteiger partial charge in [-0.3, -0.25) is 0 Å². The highest BCUT2D eigenvalue weighted by Crippen LogP contribution is 2.39. The van der Waals surface area contributed by atoms with Gasteiger partial charge in [0.1, 0.15) is 0 Å². The zero-order valence-corrected chi connectivity index (χ0v) is 20.0. The molecule has 36 heavy (non-hydrogen) atoms. The maximum Gasteiger partial charge on any atom is 0.163 e. The van der Waals surface area contributed by atoms with Gasteiger partial charge in [-0.25, -0.2) is 0 Å². The molecule has 0 atom stereocenters. The predicted octanol–water partition coefficient (Wildman–Crippen LogP) is 8.28. The second kappa shape index (κ2) is 9.12. The van der Waals surface area contributed by atoms with Crippen LogP contribution in [0, 0.1) is 6.92 Å². The average molecular weight is 467 g/mol. The van der Waals surface area contributed by atoms with Gasteiger partial charge < -0.3 is 14.2 Å². The Bertz CT molecular complexity index is 1570. The van der Waals surface area contributed by atoms with Crippen LogP contribution in [0.2, 0.25) is 0 Å². The van der Waals surface area contributed by atoms with E-state index in [1.165, 1.54) is 0 Å². The fraction of sp³-hybridized carbons (Fsp3) is 0.0303. The van der Waals surface area contributed by atoms with Crippen molar-refractivity contribution in [2.45, 2.75) is 6.92 Å². The Balaban J connectivity index is 1.59. The highest BCUT2D eigenvalue weighted by molar-refractivity contribution is 5.76. The van der Waals surface area contributed by atoms with Crippen molar-refractivity contribution in [1.82, 2.24) is 9.13 Å². The second-order valence-electron chi connectivity index (χ2n) is 8.88. The van der Waals surface area contributed by atoms with Crippen LogP contribution in [0.4, 0.5) is 0 Å². The number of para-hydroxylation sites is 1. The maximum atomic E-state index is 11.8. The monoisotopic (exact) mass is 466 g/mol. The molecule has 6 aromatic rings. The third kappa shape index (κ3) is 3.71. The average Bonchev–Trinajstić information content (AvgIpc) is 3.54. The van der Waals surface area contributed by atoms with Crippen LogP contribution in [-0.2, 0) is 0 Å². The summed E-state index contributed by atoms with van der Waals surface area (Å²) in [4.78, 5) is 0. The third-order valence-electron chi connectivity index (χ3n) is 6.64. The van der Waals surface area contributed by atoms with E-state index in [4.69, 9.17) is 0 Å². The Hall–Kier alpha value is -4.76. The Morgan fingerprint density at radius 2 is 0.806 bits per heavy atom. The summed E-state index contributed by atoms with van der Waals surface area (Å²) < 4.78 is 4.28. The van der Waals surface area contributed by atoms with Gasteiger partial charge in [-0.1, -0.05) is 97.1 Å². The molecule has 174 valence electrons. The SMILES string of the molecule is Cc1ccc(-c2ccccc2)n1-c1cccc(-n2c(-c3ccccc3)ccc2-c2ccccc2)c1O. The molecule has 3 heteroatoms. The number of hydrogen-bond acceptors (Lipinski definition) is 1. The molecule has 0 amide bonds. The second-order valence-corrected chi connectivity index (χ2v) is 8.88. The van der Waals surface area contributed by atoms with Gasteiger partial charge in [-0.2, -0.15) is 0 Å². The molecule has 0 spiro atoms. The van der Waals surface area contributed by atoms with Crippen molar-refractivity contribution in [3.05, 3.63) is 139 Å². The number of aromatic hydroxyl groups is 1. The lowest BCUT2D eigenvalue weighted by Crippen LogP contribution is -2.04. The quantitative estimate of drug-likeness (QED) is 0.272. The van der Waals surface area contributed by atoms with E-state index in [9.17, 15) is 5.11 Å². The summed E-state index contributed by atoms with van der Waals surface area (Å²) in [6.45, 7) is 2.07. The molecule has 3 nitrogen and oxygen atoms in total. The minimum atomic E-state index is 0.236. The number of aryl methyl sites for hydroxylation is 1. The number of benzene rings is 4. The number of phenolic OH excluding ortho intramolecular Hbond substituents is 1. The molecule has 0 fully saturated rings. The van der Waals surface area contributed by atoms with Crippen LogP contribution in [0.3, 0.4) is 0 Å². The van der Waals surface area contributed by atoms with Gasteiger partial charge in [0.15, 0.2) is 5.75 Å². The van der Waals surface area contributed by atoms with Crippen LogP contribution in [0.25, 0.3) is 45.1 Å². The summed E-state index contributed by atoms with van der Waals surface area (Å²) in [5, 5.41) is 11.8. The van der Waals surface area contributed by atoms with Gasteiger partial charge in [0.2, 0.25) is 0 Å². The van der Waals surface area contributed by atoms with Gasteiger partial charge in [0, 0.05) is 5.69 Å². The van der Waals surface area contributed by atoms with Gasteiger partial charge in [-0.05, 0) is 60.0 Å². The molecule has 0 saturated carbocycles. The van der Waals surface area contributed by atoms with Gasteiger partial charge >= 0.3 is 0 Å². The highest BCUT2D eigenvalue weighted by Gasteiger charge is 2.20. The zero-order chi connectivity index (χ0) is 24.5. The number of nitrogens with zero attached hydrogens (tertiary/aromatic N) is 2. The summed E-state index contributed by atoms with van der Waals surface area (Å²) >= 11 is 0. The Labute approximate surface area is 211 Å². The normalized spacial score (nSPS) is 11.0. The van der Waals surface area contributed by atoms with Crippen LogP contribution >= 0.6 is 0 Å². The fourth-order valence-corrected chi connectivity index (χ4v) is 4.94. The third-order valence-corrected chi connectivity index (χ3v) is 6.64. The first-order chi connectivity index (χ1) is 17.7. The smallest absolute Gasteiger partial charge is 0.163 e. The molecule has 0 aliphatic rings. The number of hydrogen-bond donors (Lipinski definition) is 1. The standard InChI is InChI=1S/C33H26N2O/c1-24-20-21-28(25-12-5-2-6-13-25)34(24)31-18-11-19-32(33(31)36)35-29(26-14-7-3-8-15-26)22-23-30(35)27-16-9-4-10-17-27/h2-23,36H,1H3. The largest absolute Gasteiger partial charge is 0.504 e. The van der Waals surface area contributed by atoms with Crippen LogP contribution in [-0.4, -0.2) is 14.2 Å². The van der Waals surface area contributed by atoms with E-state index in [-0.39, 0.29) is 5.75 Å². The molecule has 1 N–H and O–H groups in total. The number of rotatable bonds is 5. The van der Waals surface area contributed by atoms with E-state index < -0.39 is 0 Å². The van der Waals surface area contributed by atoms with Gasteiger partial charge in [0.25, 0.3) is 0 Å². The zero-order valence-electron chi connectivity index (χ0n) is 20.0. The van der Waals surface area contributed by atoms with Crippen molar-refractivity contribution in [1.29, 1.82) is 0 Å². The summed E-state index contributed by atoms with van der Waals surface area (Å²) in [5.41, 5.74) is 8.91. The first kappa shape index (κ1) is 21.8. The lowest BCUT2D eigenvalue weighted by molar-refractivity contribution is 0.469. The Morgan fingerprint density at radius 3 is 1.28 bits per heavy atom. The minimum Gasteiger partial charge on any atom is -0.504 e. The molecule has 0 bridgehead atoms. The summed E-state index contributed by atoms with van der Waals surface area (Å²) in [6.07, 6.45) is 0. The van der Waals surface area contributed by atoms with Crippen molar-refractivity contribution in [3.8, 4) is 50.9 Å². The molecule has 6 rings (SSSR count). The lowest BCUT2D eigenvalue weighted by Gasteiger charge is -2.20. The predicted molar refractivity (Wildman–Crippen MR) is 148 cm³/mol. The van der Waals surface area contributed by atoms with Crippen LogP contribution in [0.1, 0.15) is 5.69 Å². The van der Waals surface area contributed by atoms with Crippen LogP contribution < -0.4 is 0 Å². The van der Waals surface area contributed by atoms with Crippen molar-refractivity contribution in [2.75, 3.05) is 0 Å². The van der Waals surface area contributed by atoms with E-state index in [0.717, 1.165) is 50.8 Å². The summed E-state index contributed by atoms with van der Waals surface area (Å²) in [5.74, 6) is 0.236. The maximum absolute atomic E-state index is 11.8. The van der Waals surface area contributed by atoms with Gasteiger partial charge in [0.05, 0.1) is 28.5 Å². The summed E-state index contributed by atoms with van der Waals surface area (Å²) in [7, 11) is 0. The van der Waals surface area contributed by atoms with E-state index in [1.54, 1.807) is 0 Å². The molecule has 0 radical (unpaired) electrons. The Kier molecular flexibility index (Phi) is 5.51. The molecule has 2 heterocycles. The first-order valence-electron chi connectivity index (χ1n) is 12.1. The molecule has 2 aromatic heterocycles. The topological polar surface area (TPSA) is 30.1 Å². The van der Waals surface area contributed by atoms with E-state index in [1.807, 2.05) is 72.8 Å². The van der Waals surface area contributed by atoms with Crippen molar-refractivity contribution in [2.24, 2.45) is 0 Å². The summed E-state index contributed by atoms with van der Waals surface area (Å²) in [6, 6.07) is 45.3. The van der Waals surface area contributed by atoms with Crippen LogP contribution in [0.5, 0.6) is 5.75 Å². The number of phenols is 1. The van der Waals surface area contributed by atoms with Crippen molar-refractivity contribution < 1.29 is 5.11 Å². The van der Waals surface area contributed by atoms with E-state index in [2.05, 4.69) is 76.7 Å². The van der Waals surface area contributed by atoms with E-state index >= 15 is 0 Å². The van der Waals surface area contributed by atoms with Crippen molar-refractivity contribution >= 4 is 0 Å². The molecule has 0 aliphatic heterocycles. The Morgan fingerprint density at radius 1 is 0.417 bits per heavy atom. The van der Waals surface area contributed by atoms with Crippen molar-refractivity contribution in [3.63, 3.8) is 0 Å². The van der Waals surface area contributed by atoms with Gasteiger partial charge in [-0.15, -0.1) is 0 Å². The lowest BCUT2D eigenvalue weighted by atomic mass is 10.1. The molecule has 4 aromatic carbocycles. The molecule has 0 saturated heterocycles. The van der Waals surface area contributed by atoms with Crippen LogP contribution in [0.15, 0.2) is 133 Å². The molecule has 0 unspecified atom stereocenters. The minimum absolute atomic E-state index is 0.236. The molecular formula is C33H26N2O. The van der Waals surface area contributed by atoms with E-state index in [0.29, 0.717) is 0 Å². The molecule has 0 aliphatic carbocycles.